The standard InChI is InChI=1S/C10H16N2O2/c1-8(7-11)12-6-4-2-3-5-9(12)10(13)14/h8-9H,2-6H2,1H3,(H,13,14). The van der Waals surface area contributed by atoms with E-state index < -0.39 is 12.0 Å². The molecule has 0 aliphatic carbocycles. The zero-order valence-electron chi connectivity index (χ0n) is 8.44. The van der Waals surface area contributed by atoms with Gasteiger partial charge in [0.05, 0.1) is 12.1 Å². The number of carbonyl (C=O) groups is 1. The van der Waals surface area contributed by atoms with Crippen LogP contribution in [0.4, 0.5) is 0 Å². The second-order valence-electron chi connectivity index (χ2n) is 3.75. The Morgan fingerprint density at radius 3 is 2.86 bits per heavy atom. The number of aliphatic carboxylic acids is 1. The van der Waals surface area contributed by atoms with Crippen LogP contribution in [0, 0.1) is 11.3 Å². The Labute approximate surface area is 84.1 Å². The zero-order chi connectivity index (χ0) is 10.6. The molecule has 14 heavy (non-hydrogen) atoms. The lowest BCUT2D eigenvalue weighted by Gasteiger charge is -2.28. The first-order valence-corrected chi connectivity index (χ1v) is 5.05. The summed E-state index contributed by atoms with van der Waals surface area (Å²) in [5, 5.41) is 17.8. The van der Waals surface area contributed by atoms with E-state index in [1.807, 2.05) is 0 Å². The van der Waals surface area contributed by atoms with E-state index in [0.29, 0.717) is 6.42 Å². The normalized spacial score (nSPS) is 26.1. The molecule has 0 aromatic heterocycles. The molecule has 2 atom stereocenters. The van der Waals surface area contributed by atoms with Crippen molar-refractivity contribution in [2.75, 3.05) is 6.54 Å². The van der Waals surface area contributed by atoms with E-state index in [0.717, 1.165) is 25.8 Å². The Balaban J connectivity index is 2.74. The Morgan fingerprint density at radius 1 is 1.57 bits per heavy atom. The number of likely N-dealkylation sites (tertiary alicyclic amines) is 1. The smallest absolute Gasteiger partial charge is 0.320 e. The molecule has 2 unspecified atom stereocenters. The van der Waals surface area contributed by atoms with E-state index in [1.54, 1.807) is 11.8 Å². The van der Waals surface area contributed by atoms with Gasteiger partial charge in [-0.3, -0.25) is 9.69 Å². The average molecular weight is 196 g/mol. The number of hydrogen-bond acceptors (Lipinski definition) is 3. The maximum absolute atomic E-state index is 11.0. The summed E-state index contributed by atoms with van der Waals surface area (Å²) in [7, 11) is 0. The minimum absolute atomic E-state index is 0.297. The predicted octanol–water partition coefficient (Wildman–Crippen LogP) is 1.23. The lowest BCUT2D eigenvalue weighted by Crippen LogP contribution is -2.45. The highest BCUT2D eigenvalue weighted by Gasteiger charge is 2.30. The molecule has 0 bridgehead atoms. The van der Waals surface area contributed by atoms with Crippen LogP contribution in [-0.2, 0) is 4.79 Å². The topological polar surface area (TPSA) is 64.3 Å². The molecular formula is C10H16N2O2. The van der Waals surface area contributed by atoms with Crippen LogP contribution in [0.3, 0.4) is 0 Å². The number of carboxylic acid groups (broad SMARTS) is 1. The second kappa shape index (κ2) is 4.97. The SMILES string of the molecule is CC(C#N)N1CCCCCC1C(=O)O. The van der Waals surface area contributed by atoms with Crippen molar-refractivity contribution in [1.29, 1.82) is 5.26 Å². The molecule has 4 heteroatoms. The van der Waals surface area contributed by atoms with Crippen molar-refractivity contribution in [3.05, 3.63) is 0 Å². The predicted molar refractivity (Wildman–Crippen MR) is 51.7 cm³/mol. The molecule has 1 heterocycles. The average Bonchev–Trinajstić information content (AvgIpc) is 2.41. The minimum atomic E-state index is -0.797. The van der Waals surface area contributed by atoms with Crippen molar-refractivity contribution in [2.45, 2.75) is 44.7 Å². The summed E-state index contributed by atoms with van der Waals surface area (Å²) >= 11 is 0. The van der Waals surface area contributed by atoms with Crippen LogP contribution in [-0.4, -0.2) is 34.6 Å². The van der Waals surface area contributed by atoms with Gasteiger partial charge in [0.1, 0.15) is 6.04 Å². The molecular weight excluding hydrogens is 180 g/mol. The molecule has 0 spiro atoms. The molecule has 0 amide bonds. The summed E-state index contributed by atoms with van der Waals surface area (Å²) in [6, 6.07) is 1.35. The number of nitriles is 1. The van der Waals surface area contributed by atoms with E-state index in [2.05, 4.69) is 6.07 Å². The fourth-order valence-corrected chi connectivity index (χ4v) is 1.93. The van der Waals surface area contributed by atoms with E-state index in [9.17, 15) is 4.79 Å². The molecule has 1 fully saturated rings. The maximum atomic E-state index is 11.0. The van der Waals surface area contributed by atoms with Crippen molar-refractivity contribution >= 4 is 5.97 Å². The van der Waals surface area contributed by atoms with Crippen LogP contribution in [0.25, 0.3) is 0 Å². The fourth-order valence-electron chi connectivity index (χ4n) is 1.93. The van der Waals surface area contributed by atoms with E-state index in [4.69, 9.17) is 10.4 Å². The van der Waals surface area contributed by atoms with Crippen molar-refractivity contribution in [3.8, 4) is 6.07 Å². The summed E-state index contributed by atoms with van der Waals surface area (Å²) in [5.74, 6) is -0.797. The summed E-state index contributed by atoms with van der Waals surface area (Å²) in [5.41, 5.74) is 0. The molecule has 78 valence electrons. The van der Waals surface area contributed by atoms with E-state index in [1.165, 1.54) is 0 Å². The summed E-state index contributed by atoms with van der Waals surface area (Å²) in [4.78, 5) is 12.8. The molecule has 0 saturated carbocycles. The number of nitrogens with zero attached hydrogens (tertiary/aromatic N) is 2. The van der Waals surface area contributed by atoms with Crippen LogP contribution in [0.15, 0.2) is 0 Å². The summed E-state index contributed by atoms with van der Waals surface area (Å²) < 4.78 is 0. The van der Waals surface area contributed by atoms with Crippen molar-refractivity contribution in [1.82, 2.24) is 4.90 Å². The molecule has 1 saturated heterocycles. The third kappa shape index (κ3) is 2.46. The van der Waals surface area contributed by atoms with Gasteiger partial charge in [0.25, 0.3) is 0 Å². The van der Waals surface area contributed by atoms with Crippen LogP contribution < -0.4 is 0 Å². The molecule has 1 N–H and O–H groups in total. The fraction of sp³-hybridized carbons (Fsp3) is 0.800. The second-order valence-corrected chi connectivity index (χ2v) is 3.75. The Morgan fingerprint density at radius 2 is 2.29 bits per heavy atom. The summed E-state index contributed by atoms with van der Waals surface area (Å²) in [6.45, 7) is 2.49. The molecule has 0 aromatic carbocycles. The van der Waals surface area contributed by atoms with Gasteiger partial charge in [0, 0.05) is 6.54 Å². The highest BCUT2D eigenvalue weighted by Crippen LogP contribution is 2.19. The van der Waals surface area contributed by atoms with Gasteiger partial charge in [-0.1, -0.05) is 12.8 Å². The number of rotatable bonds is 2. The van der Waals surface area contributed by atoms with Crippen molar-refractivity contribution in [3.63, 3.8) is 0 Å². The van der Waals surface area contributed by atoms with Gasteiger partial charge in [-0.2, -0.15) is 5.26 Å². The quantitative estimate of drug-likeness (QED) is 0.721. The molecule has 0 aromatic rings. The van der Waals surface area contributed by atoms with Crippen LogP contribution in [0.5, 0.6) is 0 Å². The third-order valence-corrected chi connectivity index (χ3v) is 2.76. The number of hydrogen-bond donors (Lipinski definition) is 1. The Hall–Kier alpha value is -1.08. The molecule has 1 aliphatic rings. The zero-order valence-corrected chi connectivity index (χ0v) is 8.44. The van der Waals surface area contributed by atoms with E-state index >= 15 is 0 Å². The third-order valence-electron chi connectivity index (χ3n) is 2.76. The van der Waals surface area contributed by atoms with Gasteiger partial charge in [-0.15, -0.1) is 0 Å². The first kappa shape index (κ1) is 11.0. The van der Waals surface area contributed by atoms with Gasteiger partial charge < -0.3 is 5.11 Å². The molecule has 1 aliphatic heterocycles. The van der Waals surface area contributed by atoms with Gasteiger partial charge in [-0.05, 0) is 19.8 Å². The highest BCUT2D eigenvalue weighted by atomic mass is 16.4. The van der Waals surface area contributed by atoms with Crippen LogP contribution in [0.1, 0.15) is 32.6 Å². The Bertz CT molecular complexity index is 247. The van der Waals surface area contributed by atoms with Crippen molar-refractivity contribution < 1.29 is 9.90 Å². The van der Waals surface area contributed by atoms with Gasteiger partial charge >= 0.3 is 5.97 Å². The first-order valence-electron chi connectivity index (χ1n) is 5.05. The largest absolute Gasteiger partial charge is 0.480 e. The van der Waals surface area contributed by atoms with Crippen LogP contribution >= 0.6 is 0 Å². The van der Waals surface area contributed by atoms with Gasteiger partial charge in [0.2, 0.25) is 0 Å². The Kier molecular flexibility index (Phi) is 3.90. The molecule has 1 rings (SSSR count). The van der Waals surface area contributed by atoms with Crippen LogP contribution in [0.2, 0.25) is 0 Å². The molecule has 4 nitrogen and oxygen atoms in total. The minimum Gasteiger partial charge on any atom is -0.480 e. The number of carboxylic acids is 1. The maximum Gasteiger partial charge on any atom is 0.320 e. The monoisotopic (exact) mass is 196 g/mol. The first-order chi connectivity index (χ1) is 6.66. The highest BCUT2D eigenvalue weighted by molar-refractivity contribution is 5.73. The van der Waals surface area contributed by atoms with Crippen molar-refractivity contribution in [2.24, 2.45) is 0 Å². The lowest BCUT2D eigenvalue weighted by atomic mass is 10.1. The van der Waals surface area contributed by atoms with Gasteiger partial charge in [-0.25, -0.2) is 0 Å². The van der Waals surface area contributed by atoms with Gasteiger partial charge in [0.15, 0.2) is 0 Å². The molecule has 0 radical (unpaired) electrons. The van der Waals surface area contributed by atoms with E-state index in [-0.39, 0.29) is 6.04 Å². The summed E-state index contributed by atoms with van der Waals surface area (Å²) in [6.07, 6.45) is 3.68. The lowest BCUT2D eigenvalue weighted by molar-refractivity contribution is -0.143.